The normalized spacial score (nSPS) is 24.3. The first-order valence-corrected chi connectivity index (χ1v) is 8.27. The van der Waals surface area contributed by atoms with Gasteiger partial charge < -0.3 is 5.32 Å². The van der Waals surface area contributed by atoms with Crippen LogP contribution in [-0.4, -0.2) is 16.8 Å². The molecule has 2 heterocycles. The van der Waals surface area contributed by atoms with Gasteiger partial charge in [0.2, 0.25) is 0 Å². The maximum absolute atomic E-state index is 12.1. The van der Waals surface area contributed by atoms with Crippen LogP contribution in [0.2, 0.25) is 0 Å². The lowest BCUT2D eigenvalue weighted by atomic mass is 10.2. The van der Waals surface area contributed by atoms with Gasteiger partial charge in [0.1, 0.15) is 0 Å². The smallest absolute Gasteiger partial charge is 0.261 e. The molecule has 2 aromatic rings. The lowest BCUT2D eigenvalue weighted by Gasteiger charge is -2.15. The SMILES string of the molecule is O=C(NC1CCCC1Br)c1cc2sccc2s1. The van der Waals surface area contributed by atoms with Crippen molar-refractivity contribution < 1.29 is 4.79 Å². The highest BCUT2D eigenvalue weighted by Crippen LogP contribution is 2.31. The van der Waals surface area contributed by atoms with E-state index in [1.807, 2.05) is 6.07 Å². The zero-order valence-corrected chi connectivity index (χ0v) is 12.3. The zero-order chi connectivity index (χ0) is 11.8. The van der Waals surface area contributed by atoms with Crippen molar-refractivity contribution >= 4 is 53.9 Å². The Labute approximate surface area is 116 Å². The van der Waals surface area contributed by atoms with E-state index in [2.05, 4.69) is 32.7 Å². The number of hydrogen-bond donors (Lipinski definition) is 1. The Morgan fingerprint density at radius 1 is 1.41 bits per heavy atom. The van der Waals surface area contributed by atoms with Gasteiger partial charge in [-0.3, -0.25) is 4.79 Å². The van der Waals surface area contributed by atoms with E-state index in [9.17, 15) is 4.79 Å². The van der Waals surface area contributed by atoms with Crippen LogP contribution in [-0.2, 0) is 0 Å². The van der Waals surface area contributed by atoms with Crippen LogP contribution in [0.15, 0.2) is 17.5 Å². The molecular weight excluding hydrogens is 318 g/mol. The van der Waals surface area contributed by atoms with Crippen molar-refractivity contribution in [1.29, 1.82) is 0 Å². The largest absolute Gasteiger partial charge is 0.347 e. The summed E-state index contributed by atoms with van der Waals surface area (Å²) < 4.78 is 2.42. The Balaban J connectivity index is 1.75. The predicted octanol–water partition coefficient (Wildman–Crippen LogP) is 4.01. The summed E-state index contributed by atoms with van der Waals surface area (Å²) in [5, 5.41) is 5.19. The number of amides is 1. The van der Waals surface area contributed by atoms with E-state index in [0.29, 0.717) is 10.9 Å². The van der Waals surface area contributed by atoms with Crippen molar-refractivity contribution in [2.45, 2.75) is 30.1 Å². The molecule has 17 heavy (non-hydrogen) atoms. The summed E-state index contributed by atoms with van der Waals surface area (Å²) in [6.45, 7) is 0. The maximum atomic E-state index is 12.1. The van der Waals surface area contributed by atoms with Gasteiger partial charge in [0, 0.05) is 20.3 Å². The van der Waals surface area contributed by atoms with E-state index in [1.54, 1.807) is 22.7 Å². The molecule has 1 N–H and O–H groups in total. The molecule has 1 aliphatic carbocycles. The van der Waals surface area contributed by atoms with Gasteiger partial charge in [-0.25, -0.2) is 0 Å². The van der Waals surface area contributed by atoms with Crippen LogP contribution in [0, 0.1) is 0 Å². The second kappa shape index (κ2) is 4.71. The molecule has 0 aromatic carbocycles. The van der Waals surface area contributed by atoms with Crippen molar-refractivity contribution in [2.24, 2.45) is 0 Å². The number of carbonyl (C=O) groups is 1. The highest BCUT2D eigenvalue weighted by molar-refractivity contribution is 9.09. The molecule has 0 aliphatic heterocycles. The van der Waals surface area contributed by atoms with Gasteiger partial charge in [-0.1, -0.05) is 22.4 Å². The monoisotopic (exact) mass is 329 g/mol. The van der Waals surface area contributed by atoms with Crippen molar-refractivity contribution in [2.75, 3.05) is 0 Å². The van der Waals surface area contributed by atoms with Crippen molar-refractivity contribution in [3.8, 4) is 0 Å². The predicted molar refractivity (Wildman–Crippen MR) is 77.5 cm³/mol. The Kier molecular flexibility index (Phi) is 3.23. The third-order valence-electron chi connectivity index (χ3n) is 3.11. The fourth-order valence-electron chi connectivity index (χ4n) is 2.19. The summed E-state index contributed by atoms with van der Waals surface area (Å²) >= 11 is 6.89. The van der Waals surface area contributed by atoms with Crippen LogP contribution in [0.5, 0.6) is 0 Å². The molecule has 1 fully saturated rings. The second-order valence-electron chi connectivity index (χ2n) is 4.29. The van der Waals surface area contributed by atoms with Gasteiger partial charge in [-0.15, -0.1) is 22.7 Å². The van der Waals surface area contributed by atoms with Gasteiger partial charge in [-0.05, 0) is 30.4 Å². The standard InChI is InChI=1S/C12H12BrNOS2/c13-7-2-1-3-8(7)14-12(15)11-6-10-9(17-11)4-5-16-10/h4-8H,1-3H2,(H,14,15). The number of halogens is 1. The first-order chi connectivity index (χ1) is 8.24. The molecule has 1 saturated carbocycles. The van der Waals surface area contributed by atoms with E-state index in [-0.39, 0.29) is 5.91 Å². The van der Waals surface area contributed by atoms with Crippen molar-refractivity contribution in [3.05, 3.63) is 22.4 Å². The third-order valence-corrected chi connectivity index (χ3v) is 6.30. The highest BCUT2D eigenvalue weighted by Gasteiger charge is 2.27. The molecule has 1 amide bonds. The molecule has 0 bridgehead atoms. The van der Waals surface area contributed by atoms with Crippen LogP contribution in [0.4, 0.5) is 0 Å². The number of alkyl halides is 1. The summed E-state index contributed by atoms with van der Waals surface area (Å²) in [6.07, 6.45) is 3.44. The zero-order valence-electron chi connectivity index (χ0n) is 9.11. The minimum absolute atomic E-state index is 0.0785. The van der Waals surface area contributed by atoms with E-state index in [0.717, 1.165) is 17.7 Å². The van der Waals surface area contributed by atoms with Crippen LogP contribution < -0.4 is 5.32 Å². The number of hydrogen-bond acceptors (Lipinski definition) is 3. The fourth-order valence-corrected chi connectivity index (χ4v) is 4.93. The van der Waals surface area contributed by atoms with E-state index in [1.165, 1.54) is 15.8 Å². The molecular formula is C12H12BrNOS2. The Morgan fingerprint density at radius 3 is 3.00 bits per heavy atom. The molecule has 2 aromatic heterocycles. The van der Waals surface area contributed by atoms with Gasteiger partial charge in [-0.2, -0.15) is 0 Å². The number of carbonyl (C=O) groups excluding carboxylic acids is 1. The van der Waals surface area contributed by atoms with Gasteiger partial charge >= 0.3 is 0 Å². The number of rotatable bonds is 2. The summed E-state index contributed by atoms with van der Waals surface area (Å²) in [6, 6.07) is 4.37. The summed E-state index contributed by atoms with van der Waals surface area (Å²) in [4.78, 5) is 13.4. The molecule has 3 rings (SSSR count). The molecule has 2 nitrogen and oxygen atoms in total. The first kappa shape index (κ1) is 11.7. The summed E-state index contributed by atoms with van der Waals surface area (Å²) in [5.41, 5.74) is 0. The molecule has 5 heteroatoms. The van der Waals surface area contributed by atoms with Gasteiger partial charge in [0.25, 0.3) is 5.91 Å². The molecule has 0 spiro atoms. The molecule has 0 radical (unpaired) electrons. The molecule has 2 unspecified atom stereocenters. The van der Waals surface area contributed by atoms with Crippen molar-refractivity contribution in [3.63, 3.8) is 0 Å². The summed E-state index contributed by atoms with van der Waals surface area (Å²) in [7, 11) is 0. The molecule has 90 valence electrons. The lowest BCUT2D eigenvalue weighted by molar-refractivity contribution is 0.0943. The second-order valence-corrected chi connectivity index (χ2v) is 7.49. The van der Waals surface area contributed by atoms with Gasteiger partial charge in [0.15, 0.2) is 0 Å². The number of nitrogens with one attached hydrogen (secondary N) is 1. The lowest BCUT2D eigenvalue weighted by Crippen LogP contribution is -2.37. The van der Waals surface area contributed by atoms with Crippen LogP contribution in [0.25, 0.3) is 9.40 Å². The number of fused-ring (bicyclic) bond motifs is 1. The average Bonchev–Trinajstić information content (AvgIpc) is 2.93. The van der Waals surface area contributed by atoms with Gasteiger partial charge in [0.05, 0.1) is 4.88 Å². The Morgan fingerprint density at radius 2 is 2.29 bits per heavy atom. The quantitative estimate of drug-likeness (QED) is 0.828. The third kappa shape index (κ3) is 2.28. The fraction of sp³-hybridized carbons (Fsp3) is 0.417. The minimum atomic E-state index is 0.0785. The van der Waals surface area contributed by atoms with Crippen LogP contribution in [0.1, 0.15) is 28.9 Å². The van der Waals surface area contributed by atoms with Crippen molar-refractivity contribution in [1.82, 2.24) is 5.32 Å². The molecule has 0 saturated heterocycles. The van der Waals surface area contributed by atoms with Crippen LogP contribution >= 0.6 is 38.6 Å². The van der Waals surface area contributed by atoms with E-state index in [4.69, 9.17) is 0 Å². The maximum Gasteiger partial charge on any atom is 0.261 e. The van der Waals surface area contributed by atoms with Crippen LogP contribution in [0.3, 0.4) is 0 Å². The molecule has 1 aliphatic rings. The summed E-state index contributed by atoms with van der Waals surface area (Å²) in [5.74, 6) is 0.0785. The highest BCUT2D eigenvalue weighted by atomic mass is 79.9. The molecule has 2 atom stereocenters. The Bertz CT molecular complexity index is 519. The first-order valence-electron chi connectivity index (χ1n) is 5.66. The average molecular weight is 330 g/mol. The Hall–Kier alpha value is -0.390. The number of thiophene rings is 2. The minimum Gasteiger partial charge on any atom is -0.347 e. The van der Waals surface area contributed by atoms with E-state index >= 15 is 0 Å². The van der Waals surface area contributed by atoms with E-state index < -0.39 is 0 Å². The topological polar surface area (TPSA) is 29.1 Å².